The predicted octanol–water partition coefficient (Wildman–Crippen LogP) is 0.950. The summed E-state index contributed by atoms with van der Waals surface area (Å²) in [5.74, 6) is 0.623. The van der Waals surface area contributed by atoms with E-state index < -0.39 is 9.84 Å². The van der Waals surface area contributed by atoms with Crippen molar-refractivity contribution < 1.29 is 17.9 Å². The van der Waals surface area contributed by atoms with E-state index in [0.29, 0.717) is 11.4 Å². The maximum absolute atomic E-state index is 11.8. The normalized spacial score (nSPS) is 11.8. The quantitative estimate of drug-likeness (QED) is 0.674. The van der Waals surface area contributed by atoms with E-state index in [0.717, 1.165) is 6.26 Å². The summed E-state index contributed by atoms with van der Waals surface area (Å²) in [5.41, 5.74) is 0.600. The summed E-state index contributed by atoms with van der Waals surface area (Å²) >= 11 is 0. The molecule has 0 saturated carbocycles. The Morgan fingerprint density at radius 2 is 2.08 bits per heavy atom. The van der Waals surface area contributed by atoms with Crippen LogP contribution in [0.4, 0.5) is 0 Å². The zero-order valence-electron chi connectivity index (χ0n) is 13.3. The van der Waals surface area contributed by atoms with E-state index in [1.165, 1.54) is 17.8 Å². The molecule has 9 nitrogen and oxygen atoms in total. The van der Waals surface area contributed by atoms with Gasteiger partial charge in [0.2, 0.25) is 15.0 Å². The highest BCUT2D eigenvalue weighted by Gasteiger charge is 2.21. The predicted molar refractivity (Wildman–Crippen MR) is 84.6 cm³/mol. The number of sulfone groups is 1. The van der Waals surface area contributed by atoms with Gasteiger partial charge >= 0.3 is 0 Å². The van der Waals surface area contributed by atoms with Crippen molar-refractivity contribution in [2.75, 3.05) is 6.26 Å². The zero-order chi connectivity index (χ0) is 17.5. The fourth-order valence-corrected chi connectivity index (χ4v) is 3.15. The van der Waals surface area contributed by atoms with Crippen LogP contribution in [0.5, 0.6) is 11.6 Å². The van der Waals surface area contributed by atoms with Gasteiger partial charge in [0.15, 0.2) is 11.2 Å². The lowest BCUT2D eigenvalue weighted by Gasteiger charge is -2.02. The molecular formula is C14H15N5O4S. The summed E-state index contributed by atoms with van der Waals surface area (Å²) < 4.78 is 32.3. The minimum absolute atomic E-state index is 0.0177. The molecule has 0 N–H and O–H groups in total. The van der Waals surface area contributed by atoms with Crippen LogP contribution in [0.15, 0.2) is 29.9 Å². The Morgan fingerprint density at radius 3 is 2.75 bits per heavy atom. The lowest BCUT2D eigenvalue weighted by atomic mass is 10.4. The molecule has 3 heterocycles. The highest BCUT2D eigenvalue weighted by Crippen LogP contribution is 2.27. The van der Waals surface area contributed by atoms with Gasteiger partial charge in [-0.05, 0) is 13.0 Å². The van der Waals surface area contributed by atoms with E-state index in [-0.39, 0.29) is 28.9 Å². The number of carbonyl (C=O) groups is 1. The Balaban J connectivity index is 2.01. The van der Waals surface area contributed by atoms with Gasteiger partial charge in [0.1, 0.15) is 17.9 Å². The van der Waals surface area contributed by atoms with Crippen molar-refractivity contribution in [2.24, 2.45) is 7.05 Å². The standard InChI is InChI=1S/C14H15N5O4S/c1-9(20)6-19-5-4-10(7-19)23-13-11-12(15-8-16-13)18(2)14(17-11)24(3,21)22/h4-5,7-8H,6H2,1-3H3. The Labute approximate surface area is 137 Å². The average molecular weight is 349 g/mol. The minimum Gasteiger partial charge on any atom is -0.435 e. The summed E-state index contributed by atoms with van der Waals surface area (Å²) in [6, 6.07) is 1.68. The van der Waals surface area contributed by atoms with Crippen LogP contribution >= 0.6 is 0 Å². The third-order valence-electron chi connectivity index (χ3n) is 3.26. The van der Waals surface area contributed by atoms with Crippen molar-refractivity contribution in [3.63, 3.8) is 0 Å². The number of hydrogen-bond donors (Lipinski definition) is 0. The molecular weight excluding hydrogens is 334 g/mol. The number of rotatable bonds is 5. The van der Waals surface area contributed by atoms with Gasteiger partial charge in [-0.3, -0.25) is 4.79 Å². The molecule has 0 aliphatic rings. The smallest absolute Gasteiger partial charge is 0.251 e. The third-order valence-corrected chi connectivity index (χ3v) is 4.28. The molecule has 0 unspecified atom stereocenters. The van der Waals surface area contributed by atoms with Crippen LogP contribution in [-0.4, -0.2) is 44.5 Å². The maximum Gasteiger partial charge on any atom is 0.251 e. The molecule has 3 aromatic heterocycles. The molecule has 3 rings (SSSR count). The molecule has 10 heteroatoms. The van der Waals surface area contributed by atoms with E-state index in [9.17, 15) is 13.2 Å². The molecule has 0 atom stereocenters. The Hall–Kier alpha value is -2.75. The summed E-state index contributed by atoms with van der Waals surface area (Å²) in [5, 5.41) is -0.114. The van der Waals surface area contributed by atoms with Crippen LogP contribution in [0.2, 0.25) is 0 Å². The molecule has 0 aliphatic carbocycles. The Bertz CT molecular complexity index is 1030. The first-order valence-electron chi connectivity index (χ1n) is 6.96. The van der Waals surface area contributed by atoms with Crippen molar-refractivity contribution in [3.05, 3.63) is 24.8 Å². The van der Waals surface area contributed by atoms with Crippen molar-refractivity contribution >= 4 is 26.8 Å². The van der Waals surface area contributed by atoms with Crippen LogP contribution in [0, 0.1) is 0 Å². The molecule has 0 aliphatic heterocycles. The lowest BCUT2D eigenvalue weighted by Crippen LogP contribution is -2.05. The second-order valence-corrected chi connectivity index (χ2v) is 7.31. The summed E-state index contributed by atoms with van der Waals surface area (Å²) in [6.07, 6.45) is 5.70. The number of carbonyl (C=O) groups excluding carboxylic acids is 1. The van der Waals surface area contributed by atoms with E-state index in [1.807, 2.05) is 0 Å². The molecule has 0 radical (unpaired) electrons. The second-order valence-electron chi connectivity index (χ2n) is 5.40. The highest BCUT2D eigenvalue weighted by molar-refractivity contribution is 7.90. The molecule has 24 heavy (non-hydrogen) atoms. The van der Waals surface area contributed by atoms with Crippen molar-refractivity contribution in [2.45, 2.75) is 18.6 Å². The highest BCUT2D eigenvalue weighted by atomic mass is 32.2. The van der Waals surface area contributed by atoms with Gasteiger partial charge in [-0.25, -0.2) is 18.4 Å². The molecule has 0 fully saturated rings. The van der Waals surface area contributed by atoms with E-state index in [1.54, 1.807) is 30.1 Å². The first kappa shape index (κ1) is 16.1. The fourth-order valence-electron chi connectivity index (χ4n) is 2.31. The van der Waals surface area contributed by atoms with Crippen LogP contribution < -0.4 is 4.74 Å². The number of nitrogens with zero attached hydrogens (tertiary/aromatic N) is 5. The number of hydrogen-bond acceptors (Lipinski definition) is 7. The van der Waals surface area contributed by atoms with Crippen LogP contribution in [0.1, 0.15) is 6.92 Å². The van der Waals surface area contributed by atoms with Crippen LogP contribution in [0.3, 0.4) is 0 Å². The van der Waals surface area contributed by atoms with Gasteiger partial charge < -0.3 is 13.9 Å². The number of aromatic nitrogens is 5. The first-order chi connectivity index (χ1) is 11.3. The molecule has 0 bridgehead atoms. The molecule has 0 spiro atoms. The van der Waals surface area contributed by atoms with Crippen molar-refractivity contribution in [3.8, 4) is 11.6 Å². The molecule has 126 valence electrons. The largest absolute Gasteiger partial charge is 0.435 e. The number of ether oxygens (including phenoxy) is 1. The summed E-state index contributed by atoms with van der Waals surface area (Å²) in [7, 11) is -1.95. The van der Waals surface area contributed by atoms with E-state index in [2.05, 4.69) is 15.0 Å². The Morgan fingerprint density at radius 1 is 1.33 bits per heavy atom. The van der Waals surface area contributed by atoms with Gasteiger partial charge in [-0.1, -0.05) is 0 Å². The number of aryl methyl sites for hydroxylation is 1. The maximum atomic E-state index is 11.8. The van der Waals surface area contributed by atoms with Crippen molar-refractivity contribution in [1.82, 2.24) is 24.1 Å². The second kappa shape index (κ2) is 5.71. The topological polar surface area (TPSA) is 109 Å². The van der Waals surface area contributed by atoms with E-state index in [4.69, 9.17) is 4.74 Å². The van der Waals surface area contributed by atoms with Gasteiger partial charge in [0.25, 0.3) is 5.88 Å². The third kappa shape index (κ3) is 3.00. The fraction of sp³-hybridized carbons (Fsp3) is 0.286. The van der Waals surface area contributed by atoms with Crippen molar-refractivity contribution in [1.29, 1.82) is 0 Å². The average Bonchev–Trinajstić information content (AvgIpc) is 3.04. The number of Topliss-reactive ketones (excluding diaryl/α,β-unsaturated/α-hetero) is 1. The zero-order valence-corrected chi connectivity index (χ0v) is 14.1. The summed E-state index contributed by atoms with van der Waals surface area (Å²) in [6.45, 7) is 1.74. The minimum atomic E-state index is -3.51. The number of ketones is 1. The molecule has 0 saturated heterocycles. The monoisotopic (exact) mass is 349 g/mol. The van der Waals surface area contributed by atoms with Crippen LogP contribution in [-0.2, 0) is 28.2 Å². The lowest BCUT2D eigenvalue weighted by molar-refractivity contribution is -0.117. The SMILES string of the molecule is CC(=O)Cn1ccc(Oc2ncnc3c2nc(S(C)(=O)=O)n3C)c1. The van der Waals surface area contributed by atoms with Gasteiger partial charge in [0.05, 0.1) is 6.54 Å². The Kier molecular flexibility index (Phi) is 3.84. The number of fused-ring (bicyclic) bond motifs is 1. The molecule has 0 amide bonds. The molecule has 3 aromatic rings. The molecule has 0 aromatic carbocycles. The van der Waals surface area contributed by atoms with Gasteiger partial charge in [-0.15, -0.1) is 0 Å². The number of imidazole rings is 1. The van der Waals surface area contributed by atoms with Gasteiger partial charge in [0, 0.05) is 25.7 Å². The van der Waals surface area contributed by atoms with Crippen LogP contribution in [0.25, 0.3) is 11.2 Å². The van der Waals surface area contributed by atoms with Gasteiger partial charge in [-0.2, -0.15) is 4.98 Å². The van der Waals surface area contributed by atoms with E-state index >= 15 is 0 Å². The summed E-state index contributed by atoms with van der Waals surface area (Å²) in [4.78, 5) is 23.3. The first-order valence-corrected chi connectivity index (χ1v) is 8.85.